The maximum absolute atomic E-state index is 12.0. The number of carbonyl (C=O) groups is 1. The highest BCUT2D eigenvalue weighted by Crippen LogP contribution is 2.22. The zero-order valence-corrected chi connectivity index (χ0v) is 8.01. The topological polar surface area (TPSA) is 32.9 Å². The van der Waals surface area contributed by atoms with Crippen molar-refractivity contribution < 1.29 is 18.0 Å². The lowest BCUT2D eigenvalue weighted by Gasteiger charge is -2.02. The molecule has 0 spiro atoms. The van der Waals surface area contributed by atoms with E-state index in [2.05, 4.69) is 4.98 Å². The summed E-state index contributed by atoms with van der Waals surface area (Å²) >= 11 is 0. The molecule has 0 saturated carbocycles. The summed E-state index contributed by atoms with van der Waals surface area (Å²) in [6.45, 7) is 0. The van der Waals surface area contributed by atoms with E-state index >= 15 is 0 Å². The standard InChI is InChI=1S/C11H7F3NO/c12-11(13,14)10(16)6-8-5-7-3-1-2-4-9(7)15-8/h1-6,15H. The Kier molecular flexibility index (Phi) is 2.46. The van der Waals surface area contributed by atoms with Gasteiger partial charge in [0, 0.05) is 11.2 Å². The summed E-state index contributed by atoms with van der Waals surface area (Å²) in [4.78, 5) is 13.4. The van der Waals surface area contributed by atoms with Crippen molar-refractivity contribution in [2.24, 2.45) is 0 Å². The molecule has 5 heteroatoms. The van der Waals surface area contributed by atoms with E-state index < -0.39 is 12.0 Å². The van der Waals surface area contributed by atoms with E-state index in [1.807, 2.05) is 0 Å². The van der Waals surface area contributed by atoms with Gasteiger partial charge in [-0.15, -0.1) is 0 Å². The molecule has 2 nitrogen and oxygen atoms in total. The maximum Gasteiger partial charge on any atom is 0.450 e. The van der Waals surface area contributed by atoms with Crippen LogP contribution in [0.15, 0.2) is 30.3 Å². The summed E-state index contributed by atoms with van der Waals surface area (Å²) in [5.74, 6) is -1.86. The third-order valence-electron chi connectivity index (χ3n) is 2.12. The van der Waals surface area contributed by atoms with Gasteiger partial charge in [0.25, 0.3) is 0 Å². The molecule has 16 heavy (non-hydrogen) atoms. The number of fused-ring (bicyclic) bond motifs is 1. The Morgan fingerprint density at radius 2 is 1.94 bits per heavy atom. The second-order valence-corrected chi connectivity index (χ2v) is 3.32. The van der Waals surface area contributed by atoms with E-state index in [1.165, 1.54) is 6.07 Å². The molecule has 0 atom stereocenters. The van der Waals surface area contributed by atoms with Crippen LogP contribution in [-0.4, -0.2) is 16.9 Å². The van der Waals surface area contributed by atoms with E-state index in [-0.39, 0.29) is 5.69 Å². The molecule has 83 valence electrons. The molecular formula is C11H7F3NO. The lowest BCUT2D eigenvalue weighted by atomic mass is 10.2. The molecule has 0 unspecified atom stereocenters. The van der Waals surface area contributed by atoms with Crippen LogP contribution < -0.4 is 0 Å². The fraction of sp³-hybridized carbons (Fsp3) is 0.0909. The van der Waals surface area contributed by atoms with Crippen molar-refractivity contribution in [2.75, 3.05) is 0 Å². The highest BCUT2D eigenvalue weighted by Gasteiger charge is 2.38. The first-order chi connectivity index (χ1) is 7.47. The summed E-state index contributed by atoms with van der Waals surface area (Å²) in [6.07, 6.45) is -4.27. The van der Waals surface area contributed by atoms with Gasteiger partial charge in [-0.2, -0.15) is 13.2 Å². The molecule has 1 heterocycles. The summed E-state index contributed by atoms with van der Waals surface area (Å²) in [5, 5.41) is 0.767. The van der Waals surface area contributed by atoms with Gasteiger partial charge in [-0.05, 0) is 17.5 Å². The summed E-state index contributed by atoms with van der Waals surface area (Å²) < 4.78 is 36.0. The number of halogens is 3. The van der Waals surface area contributed by atoms with Gasteiger partial charge in [-0.25, -0.2) is 0 Å². The molecule has 0 fully saturated rings. The van der Waals surface area contributed by atoms with Crippen molar-refractivity contribution in [3.63, 3.8) is 0 Å². The molecule has 1 radical (unpaired) electrons. The number of aromatic nitrogens is 1. The van der Waals surface area contributed by atoms with E-state index in [1.54, 1.807) is 24.3 Å². The first-order valence-corrected chi connectivity index (χ1v) is 4.50. The van der Waals surface area contributed by atoms with Crippen LogP contribution in [0.5, 0.6) is 0 Å². The monoisotopic (exact) mass is 226 g/mol. The minimum Gasteiger partial charge on any atom is -0.358 e. The first-order valence-electron chi connectivity index (χ1n) is 4.50. The van der Waals surface area contributed by atoms with Gasteiger partial charge in [0.1, 0.15) is 0 Å². The van der Waals surface area contributed by atoms with Crippen molar-refractivity contribution in [1.29, 1.82) is 0 Å². The SMILES string of the molecule is O=C([CH]c1cc2ccccc2[nH]1)C(F)(F)F. The fourth-order valence-electron chi connectivity index (χ4n) is 1.40. The number of nitrogens with one attached hydrogen (secondary N) is 1. The number of rotatable bonds is 2. The molecule has 0 aliphatic carbocycles. The number of Topliss-reactive ketones (excluding diaryl/α,β-unsaturated/α-hetero) is 1. The molecule has 2 rings (SSSR count). The normalized spacial score (nSPS) is 11.9. The lowest BCUT2D eigenvalue weighted by molar-refractivity contribution is -0.166. The smallest absolute Gasteiger partial charge is 0.358 e. The van der Waals surface area contributed by atoms with Gasteiger partial charge in [-0.3, -0.25) is 4.79 Å². The zero-order chi connectivity index (χ0) is 11.8. The number of alkyl halides is 3. The van der Waals surface area contributed by atoms with E-state index in [9.17, 15) is 18.0 Å². The zero-order valence-electron chi connectivity index (χ0n) is 8.01. The Labute approximate surface area is 89.1 Å². The van der Waals surface area contributed by atoms with Crippen LogP contribution in [0.3, 0.4) is 0 Å². The number of benzene rings is 1. The Hall–Kier alpha value is -1.78. The van der Waals surface area contributed by atoms with Gasteiger partial charge in [0.15, 0.2) is 0 Å². The van der Waals surface area contributed by atoms with Crippen molar-refractivity contribution in [3.05, 3.63) is 42.4 Å². The highest BCUT2D eigenvalue weighted by molar-refractivity contribution is 5.96. The molecule has 0 aliphatic rings. The van der Waals surface area contributed by atoms with Crippen LogP contribution in [0.4, 0.5) is 13.2 Å². The van der Waals surface area contributed by atoms with E-state index in [0.29, 0.717) is 11.9 Å². The first kappa shape index (κ1) is 10.7. The minimum absolute atomic E-state index is 0.156. The third kappa shape index (κ3) is 2.08. The summed E-state index contributed by atoms with van der Waals surface area (Å²) in [5.41, 5.74) is 0.854. The third-order valence-corrected chi connectivity index (χ3v) is 2.12. The molecule has 1 N–H and O–H groups in total. The Morgan fingerprint density at radius 1 is 1.25 bits per heavy atom. The highest BCUT2D eigenvalue weighted by atomic mass is 19.4. The number of ketones is 1. The van der Waals surface area contributed by atoms with Gasteiger partial charge in [-0.1, -0.05) is 18.2 Å². The second-order valence-electron chi connectivity index (χ2n) is 3.32. The molecule has 0 bridgehead atoms. The minimum atomic E-state index is -4.82. The Balaban J connectivity index is 2.25. The van der Waals surface area contributed by atoms with E-state index in [4.69, 9.17) is 0 Å². The second kappa shape index (κ2) is 3.66. The van der Waals surface area contributed by atoms with Crippen LogP contribution >= 0.6 is 0 Å². The summed E-state index contributed by atoms with van der Waals surface area (Å²) in [7, 11) is 0. The fourth-order valence-corrected chi connectivity index (χ4v) is 1.40. The predicted octanol–water partition coefficient (Wildman–Crippen LogP) is 2.85. The van der Waals surface area contributed by atoms with Gasteiger partial charge in [0.05, 0.1) is 6.42 Å². The quantitative estimate of drug-likeness (QED) is 0.839. The van der Waals surface area contributed by atoms with Gasteiger partial charge in [0.2, 0.25) is 5.78 Å². The molecule has 2 aromatic rings. The van der Waals surface area contributed by atoms with Crippen LogP contribution in [0, 0.1) is 6.42 Å². The molecule has 1 aromatic carbocycles. The molecule has 0 saturated heterocycles. The van der Waals surface area contributed by atoms with Crippen molar-refractivity contribution in [1.82, 2.24) is 4.98 Å². The van der Waals surface area contributed by atoms with Gasteiger partial charge < -0.3 is 4.98 Å². The van der Waals surface area contributed by atoms with Gasteiger partial charge >= 0.3 is 6.18 Å². The van der Waals surface area contributed by atoms with Crippen LogP contribution in [0.25, 0.3) is 10.9 Å². The van der Waals surface area contributed by atoms with Crippen LogP contribution in [-0.2, 0) is 4.79 Å². The van der Waals surface area contributed by atoms with Crippen LogP contribution in [0.1, 0.15) is 5.69 Å². The number of hydrogen-bond donors (Lipinski definition) is 1. The number of carbonyl (C=O) groups excluding carboxylic acids is 1. The van der Waals surface area contributed by atoms with Crippen molar-refractivity contribution in [2.45, 2.75) is 6.18 Å². The van der Waals surface area contributed by atoms with Crippen molar-refractivity contribution >= 4 is 16.7 Å². The summed E-state index contributed by atoms with van der Waals surface area (Å²) in [6, 6.07) is 8.50. The molecule has 0 aliphatic heterocycles. The number of H-pyrrole nitrogens is 1. The molecule has 0 amide bonds. The average molecular weight is 226 g/mol. The molecule has 1 aromatic heterocycles. The van der Waals surface area contributed by atoms with E-state index in [0.717, 1.165) is 5.39 Å². The largest absolute Gasteiger partial charge is 0.450 e. The van der Waals surface area contributed by atoms with Crippen LogP contribution in [0.2, 0.25) is 0 Å². The number of para-hydroxylation sites is 1. The number of hydrogen-bond acceptors (Lipinski definition) is 1. The average Bonchev–Trinajstić information content (AvgIpc) is 2.58. The number of aromatic amines is 1. The lowest BCUT2D eigenvalue weighted by Crippen LogP contribution is -2.23. The van der Waals surface area contributed by atoms with Crippen molar-refractivity contribution in [3.8, 4) is 0 Å². The predicted molar refractivity (Wildman–Crippen MR) is 52.8 cm³/mol. The Morgan fingerprint density at radius 3 is 2.56 bits per heavy atom. The molecular weight excluding hydrogens is 219 g/mol. The Bertz CT molecular complexity index is 494. The maximum atomic E-state index is 12.0.